The van der Waals surface area contributed by atoms with Gasteiger partial charge >= 0.3 is 6.18 Å². The lowest BCUT2D eigenvalue weighted by atomic mass is 9.91. The lowest BCUT2D eigenvalue weighted by molar-refractivity contribution is -0.137. The fourth-order valence-corrected chi connectivity index (χ4v) is 3.21. The van der Waals surface area contributed by atoms with Crippen molar-refractivity contribution in [3.63, 3.8) is 0 Å². The molecule has 1 aromatic heterocycles. The minimum Gasteiger partial charge on any atom is -0.387 e. The van der Waals surface area contributed by atoms with Crippen molar-refractivity contribution in [2.24, 2.45) is 0 Å². The number of hydrogen-bond acceptors (Lipinski definition) is 3. The first kappa shape index (κ1) is 17.0. The first-order valence-electron chi connectivity index (χ1n) is 8.00. The van der Waals surface area contributed by atoms with Gasteiger partial charge in [-0.3, -0.25) is 5.10 Å². The summed E-state index contributed by atoms with van der Waals surface area (Å²) in [5.74, 6) is 0.450. The second-order valence-electron chi connectivity index (χ2n) is 6.25. The Kier molecular flexibility index (Phi) is 4.91. The zero-order valence-electron chi connectivity index (χ0n) is 13.1. The SMILES string of the molecule is O[C@@H](CN1CCC(c2cn[nH]c2)CC1)c1cccc(C(F)(F)F)c1. The minimum atomic E-state index is -4.39. The Bertz CT molecular complexity index is 649. The number of likely N-dealkylation sites (tertiary alicyclic amines) is 1. The third kappa shape index (κ3) is 3.96. The van der Waals surface area contributed by atoms with E-state index >= 15 is 0 Å². The van der Waals surface area contributed by atoms with Crippen molar-refractivity contribution in [1.82, 2.24) is 15.1 Å². The van der Waals surface area contributed by atoms with E-state index in [1.54, 1.807) is 0 Å². The van der Waals surface area contributed by atoms with Gasteiger partial charge in [-0.1, -0.05) is 12.1 Å². The fourth-order valence-electron chi connectivity index (χ4n) is 3.21. The van der Waals surface area contributed by atoms with Crippen LogP contribution in [0, 0.1) is 0 Å². The van der Waals surface area contributed by atoms with E-state index in [2.05, 4.69) is 15.1 Å². The molecule has 130 valence electrons. The van der Waals surface area contributed by atoms with Crippen molar-refractivity contribution in [2.45, 2.75) is 31.0 Å². The molecule has 2 heterocycles. The summed E-state index contributed by atoms with van der Waals surface area (Å²) < 4.78 is 38.3. The van der Waals surface area contributed by atoms with Crippen molar-refractivity contribution >= 4 is 0 Å². The molecule has 2 N–H and O–H groups in total. The summed E-state index contributed by atoms with van der Waals surface area (Å²) >= 11 is 0. The highest BCUT2D eigenvalue weighted by Gasteiger charge is 2.31. The Morgan fingerprint density at radius 2 is 2.04 bits per heavy atom. The Balaban J connectivity index is 1.57. The van der Waals surface area contributed by atoms with E-state index in [-0.39, 0.29) is 0 Å². The lowest BCUT2D eigenvalue weighted by Gasteiger charge is -2.33. The molecule has 0 radical (unpaired) electrons. The Hall–Kier alpha value is -1.86. The van der Waals surface area contributed by atoms with Crippen LogP contribution in [0.25, 0.3) is 0 Å². The molecule has 0 saturated carbocycles. The van der Waals surface area contributed by atoms with E-state index in [4.69, 9.17) is 0 Å². The topological polar surface area (TPSA) is 52.1 Å². The van der Waals surface area contributed by atoms with Gasteiger partial charge in [-0.15, -0.1) is 0 Å². The van der Waals surface area contributed by atoms with Gasteiger partial charge in [0.25, 0.3) is 0 Å². The number of H-pyrrole nitrogens is 1. The summed E-state index contributed by atoms with van der Waals surface area (Å²) in [5.41, 5.74) is 0.771. The molecule has 7 heteroatoms. The van der Waals surface area contributed by atoms with Crippen LogP contribution in [-0.4, -0.2) is 39.8 Å². The van der Waals surface area contributed by atoms with Crippen LogP contribution in [0.1, 0.15) is 41.6 Å². The zero-order valence-corrected chi connectivity index (χ0v) is 13.1. The largest absolute Gasteiger partial charge is 0.416 e. The van der Waals surface area contributed by atoms with E-state index in [0.717, 1.165) is 38.1 Å². The van der Waals surface area contributed by atoms with Crippen LogP contribution in [0.2, 0.25) is 0 Å². The molecular formula is C17H20F3N3O. The maximum atomic E-state index is 12.8. The van der Waals surface area contributed by atoms with Crippen LogP contribution in [0.15, 0.2) is 36.7 Å². The van der Waals surface area contributed by atoms with Crippen molar-refractivity contribution < 1.29 is 18.3 Å². The number of hydrogen-bond donors (Lipinski definition) is 2. The molecule has 1 aliphatic heterocycles. The van der Waals surface area contributed by atoms with Crippen LogP contribution < -0.4 is 0 Å². The van der Waals surface area contributed by atoms with Gasteiger partial charge in [0.2, 0.25) is 0 Å². The zero-order chi connectivity index (χ0) is 17.2. The van der Waals surface area contributed by atoms with Gasteiger partial charge in [-0.05, 0) is 55.1 Å². The van der Waals surface area contributed by atoms with Crippen LogP contribution >= 0.6 is 0 Å². The maximum absolute atomic E-state index is 12.8. The molecule has 1 fully saturated rings. The summed E-state index contributed by atoms with van der Waals surface area (Å²) in [6.07, 6.45) is 0.329. The predicted molar refractivity (Wildman–Crippen MR) is 83.4 cm³/mol. The molecule has 0 spiro atoms. The second kappa shape index (κ2) is 6.94. The number of piperidine rings is 1. The summed E-state index contributed by atoms with van der Waals surface area (Å²) in [6, 6.07) is 4.93. The van der Waals surface area contributed by atoms with E-state index in [1.807, 2.05) is 12.4 Å². The van der Waals surface area contributed by atoms with Crippen LogP contribution in [0.3, 0.4) is 0 Å². The third-order valence-electron chi connectivity index (χ3n) is 4.61. The summed E-state index contributed by atoms with van der Waals surface area (Å²) in [7, 11) is 0. The van der Waals surface area contributed by atoms with Crippen molar-refractivity contribution in [1.29, 1.82) is 0 Å². The number of benzene rings is 1. The summed E-state index contributed by atoms with van der Waals surface area (Å²) in [6.45, 7) is 1.97. The molecule has 1 aliphatic rings. The number of aliphatic hydroxyl groups excluding tert-OH is 1. The van der Waals surface area contributed by atoms with Gasteiger partial charge in [0.15, 0.2) is 0 Å². The average Bonchev–Trinajstić information content (AvgIpc) is 3.09. The summed E-state index contributed by atoms with van der Waals surface area (Å²) in [4.78, 5) is 2.10. The number of β-amino-alcohol motifs (C(OH)–C–C–N with tert-alkyl or cyclic N) is 1. The predicted octanol–water partition coefficient (Wildman–Crippen LogP) is 3.34. The van der Waals surface area contributed by atoms with E-state index in [9.17, 15) is 18.3 Å². The smallest absolute Gasteiger partial charge is 0.387 e. The summed E-state index contributed by atoms with van der Waals surface area (Å²) in [5, 5.41) is 17.1. The Morgan fingerprint density at radius 3 is 2.67 bits per heavy atom. The van der Waals surface area contributed by atoms with Gasteiger partial charge in [-0.2, -0.15) is 18.3 Å². The average molecular weight is 339 g/mol. The van der Waals surface area contributed by atoms with Gasteiger partial charge in [0, 0.05) is 12.7 Å². The van der Waals surface area contributed by atoms with Crippen LogP contribution in [-0.2, 0) is 6.18 Å². The maximum Gasteiger partial charge on any atom is 0.416 e. The van der Waals surface area contributed by atoms with E-state index in [1.165, 1.54) is 17.7 Å². The molecule has 4 nitrogen and oxygen atoms in total. The number of aromatic nitrogens is 2. The first-order valence-corrected chi connectivity index (χ1v) is 8.00. The second-order valence-corrected chi connectivity index (χ2v) is 6.25. The number of aliphatic hydroxyl groups is 1. The van der Waals surface area contributed by atoms with Gasteiger partial charge < -0.3 is 10.0 Å². The minimum absolute atomic E-state index is 0.307. The van der Waals surface area contributed by atoms with E-state index in [0.29, 0.717) is 18.0 Å². The number of alkyl halides is 3. The molecule has 2 aromatic rings. The van der Waals surface area contributed by atoms with Crippen molar-refractivity contribution in [3.8, 4) is 0 Å². The third-order valence-corrected chi connectivity index (χ3v) is 4.61. The van der Waals surface area contributed by atoms with Gasteiger partial charge in [0.05, 0.1) is 17.9 Å². The highest BCUT2D eigenvalue weighted by molar-refractivity contribution is 5.27. The highest BCUT2D eigenvalue weighted by atomic mass is 19.4. The van der Waals surface area contributed by atoms with Gasteiger partial charge in [-0.25, -0.2) is 0 Å². The lowest BCUT2D eigenvalue weighted by Crippen LogP contribution is -2.36. The molecule has 1 aromatic carbocycles. The first-order chi connectivity index (χ1) is 11.4. The molecule has 0 aliphatic carbocycles. The van der Waals surface area contributed by atoms with Crippen molar-refractivity contribution in [3.05, 3.63) is 53.3 Å². The van der Waals surface area contributed by atoms with Crippen LogP contribution in [0.5, 0.6) is 0 Å². The number of rotatable bonds is 4. The molecule has 0 amide bonds. The van der Waals surface area contributed by atoms with Gasteiger partial charge in [0.1, 0.15) is 0 Å². The highest BCUT2D eigenvalue weighted by Crippen LogP contribution is 2.32. The molecule has 1 atom stereocenters. The molecule has 24 heavy (non-hydrogen) atoms. The Morgan fingerprint density at radius 1 is 1.29 bits per heavy atom. The van der Waals surface area contributed by atoms with E-state index < -0.39 is 17.8 Å². The molecule has 0 unspecified atom stereocenters. The normalized spacial score (nSPS) is 18.7. The molecular weight excluding hydrogens is 319 g/mol. The number of nitrogens with one attached hydrogen (secondary N) is 1. The molecule has 1 saturated heterocycles. The molecule has 3 rings (SSSR count). The Labute approximate surface area is 138 Å². The quantitative estimate of drug-likeness (QED) is 0.898. The standard InChI is InChI=1S/C17H20F3N3O/c18-17(19,20)15-3-1-2-13(8-15)16(24)11-23-6-4-12(5-7-23)14-9-21-22-10-14/h1-3,8-10,12,16,24H,4-7,11H2,(H,21,22)/t16-/m0/s1. The molecule has 0 bridgehead atoms. The fraction of sp³-hybridized carbons (Fsp3) is 0.471. The number of halogens is 3. The number of aromatic amines is 1. The monoisotopic (exact) mass is 339 g/mol. The van der Waals surface area contributed by atoms with Crippen LogP contribution in [0.4, 0.5) is 13.2 Å². The van der Waals surface area contributed by atoms with Crippen molar-refractivity contribution in [2.75, 3.05) is 19.6 Å². The number of nitrogens with zero attached hydrogens (tertiary/aromatic N) is 2.